The highest BCUT2D eigenvalue weighted by molar-refractivity contribution is 7.17. The molecule has 4 aromatic rings. The molecule has 26 heavy (non-hydrogen) atoms. The fraction of sp³-hybridized carbons (Fsp3) is 0.0588. The predicted molar refractivity (Wildman–Crippen MR) is 91.7 cm³/mol. The monoisotopic (exact) mass is 374 g/mol. The number of hydrogen-bond donors (Lipinski definition) is 1. The van der Waals surface area contributed by atoms with E-state index in [0.29, 0.717) is 21.5 Å². The third-order valence-corrected chi connectivity index (χ3v) is 4.68. The number of rotatable bonds is 2. The highest BCUT2D eigenvalue weighted by Crippen LogP contribution is 2.35. The second kappa shape index (κ2) is 6.03. The van der Waals surface area contributed by atoms with E-state index in [-0.39, 0.29) is 16.9 Å². The molecule has 4 aromatic heterocycles. The van der Waals surface area contributed by atoms with E-state index in [1.54, 1.807) is 29.8 Å². The number of alkyl halides is 3. The molecule has 0 fully saturated rings. The largest absolute Gasteiger partial charge is 0.417 e. The summed E-state index contributed by atoms with van der Waals surface area (Å²) in [6.45, 7) is 0. The van der Waals surface area contributed by atoms with Crippen LogP contribution in [0.1, 0.15) is 5.56 Å². The first-order valence-corrected chi connectivity index (χ1v) is 8.27. The normalized spacial score (nSPS) is 11.8. The molecule has 1 N–H and O–H groups in total. The van der Waals surface area contributed by atoms with Gasteiger partial charge in [0.15, 0.2) is 5.82 Å². The number of fused-ring (bicyclic) bond motifs is 1. The lowest BCUT2D eigenvalue weighted by Gasteiger charge is -2.07. The van der Waals surface area contributed by atoms with Crippen molar-refractivity contribution in [3.8, 4) is 22.6 Å². The summed E-state index contributed by atoms with van der Waals surface area (Å²) in [4.78, 5) is 27.2. The Labute approximate surface area is 148 Å². The van der Waals surface area contributed by atoms with Gasteiger partial charge in [-0.2, -0.15) is 13.2 Å². The Bertz CT molecular complexity index is 1150. The molecule has 0 amide bonds. The van der Waals surface area contributed by atoms with E-state index in [0.717, 1.165) is 23.6 Å². The Balaban J connectivity index is 1.92. The second-order valence-corrected chi connectivity index (χ2v) is 6.30. The van der Waals surface area contributed by atoms with Gasteiger partial charge in [-0.25, -0.2) is 4.98 Å². The van der Waals surface area contributed by atoms with Gasteiger partial charge in [-0.3, -0.25) is 14.8 Å². The van der Waals surface area contributed by atoms with Crippen molar-refractivity contribution in [3.05, 3.63) is 64.2 Å². The van der Waals surface area contributed by atoms with Crippen molar-refractivity contribution in [1.82, 2.24) is 19.9 Å². The maximum absolute atomic E-state index is 13.0. The van der Waals surface area contributed by atoms with Gasteiger partial charge in [-0.15, -0.1) is 11.3 Å². The lowest BCUT2D eigenvalue weighted by Crippen LogP contribution is -2.08. The fourth-order valence-electron chi connectivity index (χ4n) is 2.50. The number of hydrogen-bond acceptors (Lipinski definition) is 5. The Morgan fingerprint density at radius 1 is 1.15 bits per heavy atom. The average Bonchev–Trinajstić information content (AvgIpc) is 3.06. The summed E-state index contributed by atoms with van der Waals surface area (Å²) in [6.07, 6.45) is -0.860. The Morgan fingerprint density at radius 3 is 2.73 bits per heavy atom. The van der Waals surface area contributed by atoms with Gasteiger partial charge in [0, 0.05) is 35.1 Å². The SMILES string of the molecule is O=c1[nH]c(-c2ccccn2)nc2c(-c3cncc(C(F)(F)F)c3)csc12. The van der Waals surface area contributed by atoms with Crippen molar-refractivity contribution in [1.29, 1.82) is 0 Å². The number of H-pyrrole nitrogens is 1. The van der Waals surface area contributed by atoms with Crippen molar-refractivity contribution >= 4 is 21.6 Å². The van der Waals surface area contributed by atoms with Crippen molar-refractivity contribution in [2.45, 2.75) is 6.18 Å². The Hall–Kier alpha value is -3.07. The first-order valence-electron chi connectivity index (χ1n) is 7.39. The lowest BCUT2D eigenvalue weighted by molar-refractivity contribution is -0.137. The molecule has 0 saturated heterocycles. The minimum atomic E-state index is -4.50. The molecule has 0 spiro atoms. The van der Waals surface area contributed by atoms with Gasteiger partial charge in [0.2, 0.25) is 0 Å². The minimum absolute atomic E-state index is 0.246. The van der Waals surface area contributed by atoms with Crippen LogP contribution in [0.2, 0.25) is 0 Å². The fourth-order valence-corrected chi connectivity index (χ4v) is 3.41. The average molecular weight is 374 g/mol. The van der Waals surface area contributed by atoms with E-state index >= 15 is 0 Å². The molecule has 5 nitrogen and oxygen atoms in total. The van der Waals surface area contributed by atoms with Crippen molar-refractivity contribution in [2.75, 3.05) is 0 Å². The van der Waals surface area contributed by atoms with Crippen molar-refractivity contribution in [2.24, 2.45) is 0 Å². The molecule has 0 saturated carbocycles. The summed E-state index contributed by atoms with van der Waals surface area (Å²) >= 11 is 1.12. The maximum atomic E-state index is 13.0. The molecule has 9 heteroatoms. The van der Waals surface area contributed by atoms with E-state index in [2.05, 4.69) is 19.9 Å². The molecule has 130 valence electrons. The number of aromatic nitrogens is 4. The van der Waals surface area contributed by atoms with Crippen LogP contribution in [-0.2, 0) is 6.18 Å². The van der Waals surface area contributed by atoms with Gasteiger partial charge >= 0.3 is 6.18 Å². The smallest absolute Gasteiger partial charge is 0.304 e. The molecule has 0 aliphatic rings. The van der Waals surface area contributed by atoms with Gasteiger partial charge in [-0.05, 0) is 18.2 Å². The summed E-state index contributed by atoms with van der Waals surface area (Å²) in [7, 11) is 0. The number of thiophene rings is 1. The molecule has 0 aliphatic heterocycles. The van der Waals surface area contributed by atoms with E-state index in [1.165, 1.54) is 6.20 Å². The molecule has 0 unspecified atom stereocenters. The molecular weight excluding hydrogens is 365 g/mol. The molecule has 0 atom stereocenters. The van der Waals surface area contributed by atoms with E-state index < -0.39 is 11.7 Å². The standard InChI is InChI=1S/C17H9F3N4OS/c18-17(19,20)10-5-9(6-21-7-10)11-8-26-14-13(11)23-15(24-16(14)25)12-3-1-2-4-22-12/h1-8H,(H,23,24,25). The van der Waals surface area contributed by atoms with E-state index in [9.17, 15) is 18.0 Å². The second-order valence-electron chi connectivity index (χ2n) is 5.42. The number of nitrogens with zero attached hydrogens (tertiary/aromatic N) is 3. The molecule has 4 rings (SSSR count). The summed E-state index contributed by atoms with van der Waals surface area (Å²) in [5.41, 5.74) is 0.227. The zero-order valence-corrected chi connectivity index (χ0v) is 13.7. The van der Waals surface area contributed by atoms with Crippen LogP contribution in [-0.4, -0.2) is 19.9 Å². The van der Waals surface area contributed by atoms with Gasteiger partial charge < -0.3 is 4.98 Å². The highest BCUT2D eigenvalue weighted by atomic mass is 32.1. The predicted octanol–water partition coefficient (Wildman–Crippen LogP) is 4.13. The van der Waals surface area contributed by atoms with Crippen LogP contribution in [0.5, 0.6) is 0 Å². The third-order valence-electron chi connectivity index (χ3n) is 3.71. The van der Waals surface area contributed by atoms with Crippen LogP contribution in [0.25, 0.3) is 32.9 Å². The van der Waals surface area contributed by atoms with Gasteiger partial charge in [0.05, 0.1) is 11.1 Å². The highest BCUT2D eigenvalue weighted by Gasteiger charge is 2.31. The molecule has 0 aliphatic carbocycles. The topological polar surface area (TPSA) is 71.5 Å². The number of nitrogens with one attached hydrogen (secondary N) is 1. The summed E-state index contributed by atoms with van der Waals surface area (Å²) < 4.78 is 39.2. The molecule has 0 radical (unpaired) electrons. The molecule has 0 aromatic carbocycles. The van der Waals surface area contributed by atoms with Crippen molar-refractivity contribution in [3.63, 3.8) is 0 Å². The van der Waals surface area contributed by atoms with Crippen LogP contribution < -0.4 is 5.56 Å². The number of halogens is 3. The van der Waals surface area contributed by atoms with E-state index in [4.69, 9.17) is 0 Å². The van der Waals surface area contributed by atoms with Crippen molar-refractivity contribution < 1.29 is 13.2 Å². The molecule has 4 heterocycles. The molecular formula is C17H9F3N4OS. The van der Waals surface area contributed by atoms with Gasteiger partial charge in [0.25, 0.3) is 5.56 Å². The van der Waals surface area contributed by atoms with Gasteiger partial charge in [0.1, 0.15) is 10.4 Å². The quantitative estimate of drug-likeness (QED) is 0.573. The minimum Gasteiger partial charge on any atom is -0.304 e. The maximum Gasteiger partial charge on any atom is 0.417 e. The Morgan fingerprint density at radius 2 is 2.00 bits per heavy atom. The summed E-state index contributed by atoms with van der Waals surface area (Å²) in [5, 5.41) is 1.60. The molecule has 0 bridgehead atoms. The summed E-state index contributed by atoms with van der Waals surface area (Å²) in [6, 6.07) is 6.15. The third kappa shape index (κ3) is 2.86. The van der Waals surface area contributed by atoms with Crippen LogP contribution in [0.4, 0.5) is 13.2 Å². The van der Waals surface area contributed by atoms with Crippen LogP contribution in [0.3, 0.4) is 0 Å². The Kier molecular flexibility index (Phi) is 3.80. The van der Waals surface area contributed by atoms with Crippen LogP contribution in [0, 0.1) is 0 Å². The van der Waals surface area contributed by atoms with E-state index in [1.807, 2.05) is 0 Å². The zero-order chi connectivity index (χ0) is 18.3. The first kappa shape index (κ1) is 16.4. The number of aromatic amines is 1. The van der Waals surface area contributed by atoms with Crippen LogP contribution in [0.15, 0.2) is 53.0 Å². The summed E-state index contributed by atoms with van der Waals surface area (Å²) in [5.74, 6) is 0.252. The zero-order valence-electron chi connectivity index (χ0n) is 12.9. The lowest BCUT2D eigenvalue weighted by atomic mass is 10.1. The van der Waals surface area contributed by atoms with Crippen LogP contribution >= 0.6 is 11.3 Å². The number of pyridine rings is 2. The first-order chi connectivity index (χ1) is 12.4. The van der Waals surface area contributed by atoms with Gasteiger partial charge in [-0.1, -0.05) is 6.07 Å².